The molecule has 0 amide bonds. The summed E-state index contributed by atoms with van der Waals surface area (Å²) in [6, 6.07) is 6.33. The molecule has 6 nitrogen and oxygen atoms in total. The summed E-state index contributed by atoms with van der Waals surface area (Å²) in [6.07, 6.45) is 4.69. The number of guanidine groups is 1. The molecular weight excluding hydrogens is 354 g/mol. The van der Waals surface area contributed by atoms with Crippen molar-refractivity contribution in [2.24, 2.45) is 4.99 Å². The second-order valence-electron chi connectivity index (χ2n) is 7.36. The highest BCUT2D eigenvalue weighted by atomic mass is 16.5. The van der Waals surface area contributed by atoms with Crippen LogP contribution in [0.2, 0.25) is 0 Å². The van der Waals surface area contributed by atoms with Crippen LogP contribution in [0.4, 0.5) is 0 Å². The van der Waals surface area contributed by atoms with Gasteiger partial charge in [-0.2, -0.15) is 0 Å². The van der Waals surface area contributed by atoms with Crippen molar-refractivity contribution in [3.05, 3.63) is 29.3 Å². The topological polar surface area (TPSA) is 64.1 Å². The molecule has 0 aromatic heterocycles. The van der Waals surface area contributed by atoms with E-state index in [4.69, 9.17) is 14.2 Å². The summed E-state index contributed by atoms with van der Waals surface area (Å²) in [5.41, 5.74) is 2.33. The van der Waals surface area contributed by atoms with Crippen LogP contribution in [0.3, 0.4) is 0 Å². The Morgan fingerprint density at radius 1 is 1.36 bits per heavy atom. The first-order valence-corrected chi connectivity index (χ1v) is 10.5. The fourth-order valence-electron chi connectivity index (χ4n) is 2.99. The fourth-order valence-corrected chi connectivity index (χ4v) is 2.99. The van der Waals surface area contributed by atoms with Gasteiger partial charge >= 0.3 is 0 Å². The van der Waals surface area contributed by atoms with Gasteiger partial charge < -0.3 is 24.8 Å². The molecule has 0 spiro atoms. The highest BCUT2D eigenvalue weighted by Gasteiger charge is 2.15. The van der Waals surface area contributed by atoms with E-state index in [9.17, 15) is 0 Å². The molecule has 0 radical (unpaired) electrons. The Labute approximate surface area is 170 Å². The molecule has 0 aliphatic carbocycles. The highest BCUT2D eigenvalue weighted by Crippen LogP contribution is 2.22. The summed E-state index contributed by atoms with van der Waals surface area (Å²) in [7, 11) is 1.79. The van der Waals surface area contributed by atoms with E-state index in [1.807, 2.05) is 0 Å². The van der Waals surface area contributed by atoms with E-state index in [0.29, 0.717) is 19.3 Å². The largest absolute Gasteiger partial charge is 0.490 e. The lowest BCUT2D eigenvalue weighted by molar-refractivity contribution is 0.0168. The van der Waals surface area contributed by atoms with Crippen LogP contribution in [0.1, 0.15) is 50.7 Å². The van der Waals surface area contributed by atoms with E-state index in [1.165, 1.54) is 5.56 Å². The summed E-state index contributed by atoms with van der Waals surface area (Å²) >= 11 is 0. The van der Waals surface area contributed by atoms with Crippen molar-refractivity contribution < 1.29 is 14.2 Å². The van der Waals surface area contributed by atoms with E-state index < -0.39 is 0 Å². The molecule has 2 N–H and O–H groups in total. The lowest BCUT2D eigenvalue weighted by Crippen LogP contribution is -2.37. The van der Waals surface area contributed by atoms with E-state index in [0.717, 1.165) is 62.7 Å². The normalized spacial score (nSPS) is 18.1. The number of hydrogen-bond donors (Lipinski definition) is 2. The average Bonchev–Trinajstić information content (AvgIpc) is 3.21. The molecule has 1 aliphatic rings. The van der Waals surface area contributed by atoms with E-state index in [1.54, 1.807) is 7.05 Å². The second kappa shape index (κ2) is 12.6. The van der Waals surface area contributed by atoms with Crippen molar-refractivity contribution in [3.8, 4) is 5.75 Å². The number of aryl methyl sites for hydroxylation is 1. The number of hydrogen-bond acceptors (Lipinski definition) is 4. The molecule has 1 heterocycles. The Balaban J connectivity index is 1.69. The number of aliphatic imine (C=N–C) groups is 1. The van der Waals surface area contributed by atoms with Crippen LogP contribution in [0.5, 0.6) is 5.75 Å². The van der Waals surface area contributed by atoms with Crippen molar-refractivity contribution in [2.75, 3.05) is 33.4 Å². The second-order valence-corrected chi connectivity index (χ2v) is 7.36. The molecule has 158 valence electrons. The zero-order valence-electron chi connectivity index (χ0n) is 17.9. The molecule has 2 unspecified atom stereocenters. The third-order valence-electron chi connectivity index (χ3n) is 4.88. The van der Waals surface area contributed by atoms with Gasteiger partial charge in [-0.3, -0.25) is 4.99 Å². The van der Waals surface area contributed by atoms with Gasteiger partial charge in [0.25, 0.3) is 0 Å². The SMILES string of the molecule is CCC(C)Oc1cc(C)ccc1CNC(=NC)NCCCOCC1CCCO1. The third-order valence-corrected chi connectivity index (χ3v) is 4.88. The van der Waals surface area contributed by atoms with Crippen LogP contribution in [0.15, 0.2) is 23.2 Å². The summed E-state index contributed by atoms with van der Waals surface area (Å²) in [5.74, 6) is 1.73. The number of benzene rings is 1. The maximum Gasteiger partial charge on any atom is 0.191 e. The van der Waals surface area contributed by atoms with E-state index in [-0.39, 0.29) is 6.10 Å². The minimum absolute atomic E-state index is 0.202. The summed E-state index contributed by atoms with van der Waals surface area (Å²) in [5, 5.41) is 6.71. The zero-order chi connectivity index (χ0) is 20.2. The minimum Gasteiger partial charge on any atom is -0.490 e. The van der Waals surface area contributed by atoms with Gasteiger partial charge in [0.2, 0.25) is 0 Å². The van der Waals surface area contributed by atoms with Gasteiger partial charge in [0, 0.05) is 38.9 Å². The first-order valence-electron chi connectivity index (χ1n) is 10.5. The Morgan fingerprint density at radius 3 is 2.93 bits per heavy atom. The first kappa shape index (κ1) is 22.5. The van der Waals surface area contributed by atoms with Gasteiger partial charge in [-0.15, -0.1) is 0 Å². The molecule has 1 saturated heterocycles. The Kier molecular flexibility index (Phi) is 10.1. The van der Waals surface area contributed by atoms with Gasteiger partial charge in [-0.1, -0.05) is 19.1 Å². The van der Waals surface area contributed by atoms with E-state index in [2.05, 4.69) is 54.6 Å². The summed E-state index contributed by atoms with van der Waals surface area (Å²) in [6.45, 7) is 10.1. The highest BCUT2D eigenvalue weighted by molar-refractivity contribution is 5.79. The summed E-state index contributed by atoms with van der Waals surface area (Å²) < 4.78 is 17.3. The van der Waals surface area contributed by atoms with Crippen molar-refractivity contribution in [2.45, 2.75) is 65.2 Å². The maximum absolute atomic E-state index is 6.08. The van der Waals surface area contributed by atoms with Crippen molar-refractivity contribution in [1.29, 1.82) is 0 Å². The predicted octanol–water partition coefficient (Wildman–Crippen LogP) is 3.42. The molecule has 0 saturated carbocycles. The Bertz CT molecular complexity index is 601. The van der Waals surface area contributed by atoms with Gasteiger partial charge in [0.1, 0.15) is 5.75 Å². The number of nitrogens with one attached hydrogen (secondary N) is 2. The van der Waals surface area contributed by atoms with Gasteiger partial charge in [0.05, 0.1) is 18.8 Å². The number of rotatable bonds is 11. The lowest BCUT2D eigenvalue weighted by atomic mass is 10.1. The molecule has 0 bridgehead atoms. The molecule has 6 heteroatoms. The first-order chi connectivity index (χ1) is 13.6. The quantitative estimate of drug-likeness (QED) is 0.344. The lowest BCUT2D eigenvalue weighted by Gasteiger charge is -2.18. The molecule has 1 fully saturated rings. The predicted molar refractivity (Wildman–Crippen MR) is 114 cm³/mol. The van der Waals surface area contributed by atoms with Crippen LogP contribution in [0, 0.1) is 6.92 Å². The zero-order valence-corrected chi connectivity index (χ0v) is 17.9. The Hall–Kier alpha value is -1.79. The number of ether oxygens (including phenoxy) is 3. The molecule has 1 aromatic carbocycles. The van der Waals surface area contributed by atoms with Crippen LogP contribution in [0.25, 0.3) is 0 Å². The molecule has 1 aromatic rings. The molecular formula is C22H37N3O3. The van der Waals surface area contributed by atoms with Crippen LogP contribution in [-0.2, 0) is 16.0 Å². The fraction of sp³-hybridized carbons (Fsp3) is 0.682. The smallest absolute Gasteiger partial charge is 0.191 e. The average molecular weight is 392 g/mol. The molecule has 1 aliphatic heterocycles. The van der Waals surface area contributed by atoms with Gasteiger partial charge in [-0.25, -0.2) is 0 Å². The number of nitrogens with zero attached hydrogens (tertiary/aromatic N) is 1. The minimum atomic E-state index is 0.202. The van der Waals surface area contributed by atoms with Gasteiger partial charge in [-0.05, 0) is 51.2 Å². The third kappa shape index (κ3) is 8.07. The Morgan fingerprint density at radius 2 is 2.21 bits per heavy atom. The summed E-state index contributed by atoms with van der Waals surface area (Å²) in [4.78, 5) is 4.30. The van der Waals surface area contributed by atoms with Crippen molar-refractivity contribution >= 4 is 5.96 Å². The van der Waals surface area contributed by atoms with E-state index >= 15 is 0 Å². The molecule has 2 atom stereocenters. The van der Waals surface area contributed by atoms with Crippen LogP contribution >= 0.6 is 0 Å². The maximum atomic E-state index is 6.08. The van der Waals surface area contributed by atoms with Gasteiger partial charge in [0.15, 0.2) is 5.96 Å². The van der Waals surface area contributed by atoms with Crippen molar-refractivity contribution in [1.82, 2.24) is 10.6 Å². The van der Waals surface area contributed by atoms with Crippen molar-refractivity contribution in [3.63, 3.8) is 0 Å². The molecule has 28 heavy (non-hydrogen) atoms. The van der Waals surface area contributed by atoms with Crippen LogP contribution < -0.4 is 15.4 Å². The monoisotopic (exact) mass is 391 g/mol. The molecule has 2 rings (SSSR count). The standard InChI is InChI=1S/C22H37N3O3/c1-5-18(3)28-21-14-17(2)9-10-19(21)15-25-22(23-4)24-11-7-12-26-16-20-8-6-13-27-20/h9-10,14,18,20H,5-8,11-13,15-16H2,1-4H3,(H2,23,24,25). The van der Waals surface area contributed by atoms with Crippen LogP contribution in [-0.4, -0.2) is 51.6 Å².